The number of amides is 1. The van der Waals surface area contributed by atoms with E-state index >= 15 is 0 Å². The van der Waals surface area contributed by atoms with Crippen LogP contribution in [0.4, 0.5) is 0 Å². The molecule has 2 N–H and O–H groups in total. The maximum atomic E-state index is 12.9. The van der Waals surface area contributed by atoms with Crippen LogP contribution in [0.1, 0.15) is 22.7 Å². The van der Waals surface area contributed by atoms with Gasteiger partial charge in [0, 0.05) is 12.1 Å². The molecular weight excluding hydrogens is 366 g/mol. The molecule has 4 rings (SSSR count). The van der Waals surface area contributed by atoms with E-state index in [1.807, 2.05) is 30.3 Å². The number of carbonyl (C=O) groups excluding carboxylic acids is 2. The van der Waals surface area contributed by atoms with Gasteiger partial charge in [0.15, 0.2) is 0 Å². The zero-order chi connectivity index (χ0) is 20.4. The van der Waals surface area contributed by atoms with Crippen molar-refractivity contribution in [2.45, 2.75) is 12.6 Å². The fraction of sp³-hybridized carbons (Fsp3) is 0.0833. The van der Waals surface area contributed by atoms with Crippen molar-refractivity contribution in [1.82, 2.24) is 4.90 Å². The summed E-state index contributed by atoms with van der Waals surface area (Å²) in [6.07, 6.45) is 0. The molecule has 1 aliphatic heterocycles. The van der Waals surface area contributed by atoms with Gasteiger partial charge in [-0.1, -0.05) is 72.8 Å². The first-order chi connectivity index (χ1) is 14.1. The highest BCUT2D eigenvalue weighted by Crippen LogP contribution is 2.40. The minimum Gasteiger partial charge on any atom is -0.508 e. The number of benzene rings is 3. The summed E-state index contributed by atoms with van der Waals surface area (Å²) >= 11 is 0. The van der Waals surface area contributed by atoms with Gasteiger partial charge < -0.3 is 15.1 Å². The first-order valence-electron chi connectivity index (χ1n) is 9.23. The van der Waals surface area contributed by atoms with Crippen LogP contribution in [-0.4, -0.2) is 26.8 Å². The predicted molar refractivity (Wildman–Crippen MR) is 109 cm³/mol. The fourth-order valence-electron chi connectivity index (χ4n) is 3.62. The molecule has 3 aromatic rings. The van der Waals surface area contributed by atoms with Gasteiger partial charge in [0.05, 0.1) is 11.6 Å². The highest BCUT2D eigenvalue weighted by Gasteiger charge is 2.46. The van der Waals surface area contributed by atoms with E-state index in [4.69, 9.17) is 0 Å². The lowest BCUT2D eigenvalue weighted by molar-refractivity contribution is -0.140. The Labute approximate surface area is 168 Å². The van der Waals surface area contributed by atoms with Crippen LogP contribution in [0.3, 0.4) is 0 Å². The molecule has 0 radical (unpaired) electrons. The number of ketones is 1. The largest absolute Gasteiger partial charge is 0.508 e. The second kappa shape index (κ2) is 7.64. The van der Waals surface area contributed by atoms with Gasteiger partial charge in [-0.3, -0.25) is 9.59 Å². The number of phenolic OH excluding ortho intramolecular Hbond substituents is 1. The second-order valence-electron chi connectivity index (χ2n) is 6.87. The van der Waals surface area contributed by atoms with Gasteiger partial charge >= 0.3 is 0 Å². The molecule has 5 nitrogen and oxygen atoms in total. The summed E-state index contributed by atoms with van der Waals surface area (Å²) in [6, 6.07) is 23.6. The predicted octanol–water partition coefficient (Wildman–Crippen LogP) is 4.01. The van der Waals surface area contributed by atoms with Crippen molar-refractivity contribution in [1.29, 1.82) is 0 Å². The van der Waals surface area contributed by atoms with E-state index in [-0.39, 0.29) is 23.6 Å². The Balaban J connectivity index is 1.87. The number of Topliss-reactive ketones (excluding diaryl/α,β-unsaturated/α-hetero) is 1. The molecule has 1 amide bonds. The molecule has 0 saturated carbocycles. The zero-order valence-corrected chi connectivity index (χ0v) is 15.5. The smallest absolute Gasteiger partial charge is 0.295 e. The molecule has 1 atom stereocenters. The van der Waals surface area contributed by atoms with Gasteiger partial charge in [0.2, 0.25) is 0 Å². The van der Waals surface area contributed by atoms with Gasteiger partial charge in [0.1, 0.15) is 11.5 Å². The average molecular weight is 385 g/mol. The molecule has 5 heteroatoms. The number of aliphatic hydroxyl groups is 1. The van der Waals surface area contributed by atoms with Gasteiger partial charge in [-0.25, -0.2) is 0 Å². The molecule has 3 aromatic carbocycles. The first kappa shape index (κ1) is 18.5. The van der Waals surface area contributed by atoms with E-state index in [0.29, 0.717) is 11.1 Å². The molecule has 1 saturated heterocycles. The number of rotatable bonds is 4. The minimum atomic E-state index is -0.803. The summed E-state index contributed by atoms with van der Waals surface area (Å²) in [5.41, 5.74) is 1.88. The maximum Gasteiger partial charge on any atom is 0.295 e. The summed E-state index contributed by atoms with van der Waals surface area (Å²) in [7, 11) is 0. The zero-order valence-electron chi connectivity index (χ0n) is 15.5. The highest BCUT2D eigenvalue weighted by atomic mass is 16.3. The molecule has 0 spiro atoms. The van der Waals surface area contributed by atoms with Crippen molar-refractivity contribution in [3.63, 3.8) is 0 Å². The van der Waals surface area contributed by atoms with Crippen molar-refractivity contribution in [2.24, 2.45) is 0 Å². The van der Waals surface area contributed by atoms with E-state index in [1.54, 1.807) is 42.5 Å². The molecular formula is C24H19NO4. The average Bonchev–Trinajstić information content (AvgIpc) is 2.99. The summed E-state index contributed by atoms with van der Waals surface area (Å²) < 4.78 is 0. The van der Waals surface area contributed by atoms with Crippen LogP contribution in [-0.2, 0) is 16.1 Å². The number of carbonyl (C=O) groups is 2. The van der Waals surface area contributed by atoms with Gasteiger partial charge in [-0.05, 0) is 23.3 Å². The highest BCUT2D eigenvalue weighted by molar-refractivity contribution is 6.46. The van der Waals surface area contributed by atoms with Gasteiger partial charge in [-0.2, -0.15) is 0 Å². The Morgan fingerprint density at radius 1 is 0.862 bits per heavy atom. The van der Waals surface area contributed by atoms with Crippen LogP contribution < -0.4 is 0 Å². The topological polar surface area (TPSA) is 77.8 Å². The third-order valence-electron chi connectivity index (χ3n) is 4.97. The summed E-state index contributed by atoms with van der Waals surface area (Å²) in [4.78, 5) is 27.2. The SMILES string of the molecule is O=C1C(=O)N(Cc2ccccc2)C(c2cccc(O)c2)/C1=C(\O)c1ccccc1. The van der Waals surface area contributed by atoms with Crippen LogP contribution in [0.2, 0.25) is 0 Å². The molecule has 0 bridgehead atoms. The molecule has 144 valence electrons. The molecule has 1 unspecified atom stereocenters. The van der Waals surface area contributed by atoms with Crippen molar-refractivity contribution in [3.8, 4) is 5.75 Å². The lowest BCUT2D eigenvalue weighted by atomic mass is 9.95. The Morgan fingerprint density at radius 3 is 2.17 bits per heavy atom. The Hall–Kier alpha value is -3.86. The Bertz CT molecular complexity index is 1090. The van der Waals surface area contributed by atoms with Crippen LogP contribution in [0.15, 0.2) is 90.5 Å². The van der Waals surface area contributed by atoms with Crippen LogP contribution in [0, 0.1) is 0 Å². The fourth-order valence-corrected chi connectivity index (χ4v) is 3.62. The van der Waals surface area contributed by atoms with Crippen molar-refractivity contribution < 1.29 is 19.8 Å². The van der Waals surface area contributed by atoms with E-state index in [2.05, 4.69) is 0 Å². The monoisotopic (exact) mass is 385 g/mol. The summed E-state index contributed by atoms with van der Waals surface area (Å²) in [5.74, 6) is -1.63. The normalized spacial score (nSPS) is 18.2. The van der Waals surface area contributed by atoms with Gasteiger partial charge in [-0.15, -0.1) is 0 Å². The number of nitrogens with zero attached hydrogens (tertiary/aromatic N) is 1. The molecule has 1 fully saturated rings. The summed E-state index contributed by atoms with van der Waals surface area (Å²) in [6.45, 7) is 0.206. The third-order valence-corrected chi connectivity index (χ3v) is 4.97. The summed E-state index contributed by atoms with van der Waals surface area (Å²) in [5, 5.41) is 20.9. The molecule has 1 heterocycles. The van der Waals surface area contributed by atoms with Crippen molar-refractivity contribution >= 4 is 17.4 Å². The molecule has 0 aliphatic carbocycles. The minimum absolute atomic E-state index is 0.0164. The number of aliphatic hydroxyl groups excluding tert-OH is 1. The second-order valence-corrected chi connectivity index (χ2v) is 6.87. The molecule has 0 aromatic heterocycles. The number of hydrogen-bond donors (Lipinski definition) is 2. The number of aromatic hydroxyl groups is 1. The lowest BCUT2D eigenvalue weighted by Crippen LogP contribution is -2.29. The maximum absolute atomic E-state index is 12.9. The van der Waals surface area contributed by atoms with Crippen LogP contribution in [0.5, 0.6) is 5.75 Å². The van der Waals surface area contributed by atoms with Gasteiger partial charge in [0.25, 0.3) is 11.7 Å². The number of likely N-dealkylation sites (tertiary alicyclic amines) is 1. The third kappa shape index (κ3) is 3.50. The lowest BCUT2D eigenvalue weighted by Gasteiger charge is -2.25. The van der Waals surface area contributed by atoms with E-state index in [1.165, 1.54) is 17.0 Å². The Morgan fingerprint density at radius 2 is 1.52 bits per heavy atom. The quantitative estimate of drug-likeness (QED) is 0.404. The van der Waals surface area contributed by atoms with Crippen molar-refractivity contribution in [3.05, 3.63) is 107 Å². The van der Waals surface area contributed by atoms with E-state index in [9.17, 15) is 19.8 Å². The first-order valence-corrected chi connectivity index (χ1v) is 9.23. The molecule has 1 aliphatic rings. The standard InChI is InChI=1S/C24H19NO4/c26-19-13-7-12-18(14-19)21-20(22(27)17-10-5-2-6-11-17)23(28)24(29)25(21)15-16-8-3-1-4-9-16/h1-14,21,26-27H,15H2/b22-20+. The van der Waals surface area contributed by atoms with Crippen LogP contribution in [0.25, 0.3) is 5.76 Å². The molecule has 29 heavy (non-hydrogen) atoms. The van der Waals surface area contributed by atoms with E-state index < -0.39 is 17.7 Å². The van der Waals surface area contributed by atoms with Crippen LogP contribution >= 0.6 is 0 Å². The number of hydrogen-bond acceptors (Lipinski definition) is 4. The van der Waals surface area contributed by atoms with E-state index in [0.717, 1.165) is 5.56 Å². The Kier molecular flexibility index (Phi) is 4.87. The van der Waals surface area contributed by atoms with Crippen molar-refractivity contribution in [2.75, 3.05) is 0 Å². The number of phenols is 1.